The van der Waals surface area contributed by atoms with Crippen LogP contribution in [0.25, 0.3) is 6.08 Å². The molecule has 1 heterocycles. The lowest BCUT2D eigenvalue weighted by Crippen LogP contribution is -1.92. The number of carboxylic acids is 1. The number of benzene rings is 1. The zero-order chi connectivity index (χ0) is 14.5. The van der Waals surface area contributed by atoms with Crippen molar-refractivity contribution in [3.63, 3.8) is 0 Å². The maximum atomic E-state index is 10.4. The van der Waals surface area contributed by atoms with E-state index in [1.807, 2.05) is 12.1 Å². The molecule has 0 aliphatic heterocycles. The third-order valence-electron chi connectivity index (χ3n) is 2.34. The summed E-state index contributed by atoms with van der Waals surface area (Å²) in [5.41, 5.74) is 0. The lowest BCUT2D eigenvalue weighted by Gasteiger charge is -2.05. The van der Waals surface area contributed by atoms with E-state index in [-0.39, 0.29) is 0 Å². The van der Waals surface area contributed by atoms with Gasteiger partial charge < -0.3 is 9.84 Å². The quantitative estimate of drug-likeness (QED) is 0.807. The molecule has 0 fully saturated rings. The van der Waals surface area contributed by atoms with Gasteiger partial charge in [-0.15, -0.1) is 11.3 Å². The van der Waals surface area contributed by atoms with Crippen LogP contribution in [0.15, 0.2) is 36.4 Å². The van der Waals surface area contributed by atoms with Crippen LogP contribution >= 0.6 is 34.5 Å². The molecule has 0 spiro atoms. The van der Waals surface area contributed by atoms with Gasteiger partial charge in [-0.05, 0) is 30.3 Å². The Bertz CT molecular complexity index is 650. The molecule has 0 radical (unpaired) electrons. The predicted molar refractivity (Wildman–Crippen MR) is 81.8 cm³/mol. The molecule has 0 saturated heterocycles. The van der Waals surface area contributed by atoms with Gasteiger partial charge in [0.25, 0.3) is 0 Å². The minimum absolute atomic E-state index is 0.392. The minimum atomic E-state index is -0.966. The molecule has 0 saturated carbocycles. The third-order valence-corrected chi connectivity index (χ3v) is 4.11. The number of aliphatic carboxylic acids is 1. The molecule has 0 amide bonds. The molecule has 0 unspecified atom stereocenters. The van der Waals surface area contributed by atoms with Gasteiger partial charge in [0.1, 0.15) is 12.4 Å². The molecular weight excluding hydrogens is 319 g/mol. The monoisotopic (exact) mass is 328 g/mol. The van der Waals surface area contributed by atoms with Crippen LogP contribution in [0.1, 0.15) is 9.75 Å². The number of ether oxygens (including phenoxy) is 1. The van der Waals surface area contributed by atoms with Gasteiger partial charge in [0.15, 0.2) is 0 Å². The second kappa shape index (κ2) is 6.79. The van der Waals surface area contributed by atoms with Gasteiger partial charge in [0.05, 0.1) is 10.0 Å². The largest absolute Gasteiger partial charge is 0.488 e. The predicted octanol–water partition coefficient (Wildman–Crippen LogP) is 4.73. The van der Waals surface area contributed by atoms with Crippen molar-refractivity contribution >= 4 is 46.6 Å². The SMILES string of the molecule is O=C(O)C=Cc1ccc(COc2ccc(Cl)c(Cl)c2)s1. The van der Waals surface area contributed by atoms with Crippen LogP contribution < -0.4 is 4.74 Å². The van der Waals surface area contributed by atoms with Crippen LogP contribution in [-0.4, -0.2) is 11.1 Å². The van der Waals surface area contributed by atoms with Crippen molar-refractivity contribution in [2.75, 3.05) is 0 Å². The number of carboxylic acid groups (broad SMARTS) is 1. The fourth-order valence-corrected chi connectivity index (χ4v) is 2.55. The first-order chi connectivity index (χ1) is 9.54. The standard InChI is InChI=1S/C14H10Cl2O3S/c15-12-5-1-9(7-13(12)16)19-8-11-3-2-10(20-11)4-6-14(17)18/h1-7H,8H2,(H,17,18). The molecule has 1 aromatic carbocycles. The van der Waals surface area contributed by atoms with E-state index >= 15 is 0 Å². The molecule has 6 heteroatoms. The number of rotatable bonds is 5. The summed E-state index contributed by atoms with van der Waals surface area (Å²) < 4.78 is 5.59. The first kappa shape index (κ1) is 14.9. The summed E-state index contributed by atoms with van der Waals surface area (Å²) in [5.74, 6) is -0.331. The van der Waals surface area contributed by atoms with Crippen molar-refractivity contribution in [1.82, 2.24) is 0 Å². The van der Waals surface area contributed by atoms with Gasteiger partial charge in [0, 0.05) is 21.9 Å². The first-order valence-corrected chi connectivity index (χ1v) is 7.19. The number of halogens is 2. The molecule has 0 aliphatic rings. The fraction of sp³-hybridized carbons (Fsp3) is 0.0714. The molecule has 0 aliphatic carbocycles. The number of hydrogen-bond donors (Lipinski definition) is 1. The van der Waals surface area contributed by atoms with E-state index in [0.717, 1.165) is 15.8 Å². The van der Waals surface area contributed by atoms with Crippen molar-refractivity contribution < 1.29 is 14.6 Å². The molecule has 1 N–H and O–H groups in total. The van der Waals surface area contributed by atoms with Gasteiger partial charge in [-0.1, -0.05) is 23.2 Å². The van der Waals surface area contributed by atoms with Crippen molar-refractivity contribution in [3.05, 3.63) is 56.2 Å². The number of thiophene rings is 1. The first-order valence-electron chi connectivity index (χ1n) is 5.62. The highest BCUT2D eigenvalue weighted by atomic mass is 35.5. The van der Waals surface area contributed by atoms with Crippen LogP contribution in [0.3, 0.4) is 0 Å². The van der Waals surface area contributed by atoms with Crippen molar-refractivity contribution in [2.24, 2.45) is 0 Å². The number of carbonyl (C=O) groups is 1. The van der Waals surface area contributed by atoms with Crippen LogP contribution in [-0.2, 0) is 11.4 Å². The van der Waals surface area contributed by atoms with Gasteiger partial charge in [-0.3, -0.25) is 0 Å². The Kier molecular flexibility index (Phi) is 5.06. The Labute approximate surface area is 130 Å². The van der Waals surface area contributed by atoms with E-state index in [4.69, 9.17) is 33.0 Å². The van der Waals surface area contributed by atoms with E-state index < -0.39 is 5.97 Å². The zero-order valence-corrected chi connectivity index (χ0v) is 12.5. The summed E-state index contributed by atoms with van der Waals surface area (Å²) in [7, 11) is 0. The lowest BCUT2D eigenvalue weighted by molar-refractivity contribution is -0.131. The Morgan fingerprint density at radius 2 is 2.05 bits per heavy atom. The normalized spacial score (nSPS) is 10.9. The molecule has 20 heavy (non-hydrogen) atoms. The summed E-state index contributed by atoms with van der Waals surface area (Å²) in [6.45, 7) is 0.392. The molecule has 0 bridgehead atoms. The molecule has 2 aromatic rings. The number of hydrogen-bond acceptors (Lipinski definition) is 3. The average Bonchev–Trinajstić information content (AvgIpc) is 2.86. The fourth-order valence-electron chi connectivity index (χ4n) is 1.44. The molecule has 3 nitrogen and oxygen atoms in total. The topological polar surface area (TPSA) is 46.5 Å². The van der Waals surface area contributed by atoms with Gasteiger partial charge in [-0.2, -0.15) is 0 Å². The van der Waals surface area contributed by atoms with Crippen LogP contribution in [0.4, 0.5) is 0 Å². The van der Waals surface area contributed by atoms with E-state index in [0.29, 0.717) is 22.4 Å². The highest BCUT2D eigenvalue weighted by Gasteiger charge is 2.03. The summed E-state index contributed by atoms with van der Waals surface area (Å²) in [6.07, 6.45) is 2.66. The van der Waals surface area contributed by atoms with Crippen molar-refractivity contribution in [2.45, 2.75) is 6.61 Å². The lowest BCUT2D eigenvalue weighted by atomic mass is 10.3. The van der Waals surface area contributed by atoms with E-state index in [1.165, 1.54) is 11.3 Å². The van der Waals surface area contributed by atoms with Gasteiger partial charge in [0.2, 0.25) is 0 Å². The average molecular weight is 329 g/mol. The zero-order valence-electron chi connectivity index (χ0n) is 10.2. The van der Waals surface area contributed by atoms with Gasteiger partial charge >= 0.3 is 5.97 Å². The maximum absolute atomic E-state index is 10.4. The summed E-state index contributed by atoms with van der Waals surface area (Å²) in [4.78, 5) is 12.3. The van der Waals surface area contributed by atoms with Crippen LogP contribution in [0.5, 0.6) is 5.75 Å². The molecule has 2 rings (SSSR count). The summed E-state index contributed by atoms with van der Waals surface area (Å²) in [5, 5.41) is 9.48. The van der Waals surface area contributed by atoms with Crippen LogP contribution in [0.2, 0.25) is 10.0 Å². The highest BCUT2D eigenvalue weighted by molar-refractivity contribution is 7.12. The third kappa shape index (κ3) is 4.27. The molecular formula is C14H10Cl2O3S. The Morgan fingerprint density at radius 3 is 2.75 bits per heavy atom. The molecule has 104 valence electrons. The smallest absolute Gasteiger partial charge is 0.328 e. The second-order valence-electron chi connectivity index (χ2n) is 3.84. The van der Waals surface area contributed by atoms with Crippen molar-refractivity contribution in [1.29, 1.82) is 0 Å². The van der Waals surface area contributed by atoms with Crippen LogP contribution in [0, 0.1) is 0 Å². The van der Waals surface area contributed by atoms with Gasteiger partial charge in [-0.25, -0.2) is 4.79 Å². The molecule has 1 aromatic heterocycles. The van der Waals surface area contributed by atoms with E-state index in [9.17, 15) is 4.79 Å². The Balaban J connectivity index is 1.97. The minimum Gasteiger partial charge on any atom is -0.488 e. The maximum Gasteiger partial charge on any atom is 0.328 e. The van der Waals surface area contributed by atoms with E-state index in [1.54, 1.807) is 24.3 Å². The summed E-state index contributed by atoms with van der Waals surface area (Å²) in [6, 6.07) is 8.81. The Hall–Kier alpha value is -1.49. The Morgan fingerprint density at radius 1 is 1.25 bits per heavy atom. The molecule has 0 atom stereocenters. The van der Waals surface area contributed by atoms with E-state index in [2.05, 4.69) is 0 Å². The second-order valence-corrected chi connectivity index (χ2v) is 5.85. The van der Waals surface area contributed by atoms with Crippen molar-refractivity contribution in [3.8, 4) is 5.75 Å². The summed E-state index contributed by atoms with van der Waals surface area (Å²) >= 11 is 13.2. The highest BCUT2D eigenvalue weighted by Crippen LogP contribution is 2.27.